The maximum absolute atomic E-state index is 13.5. The molecule has 1 unspecified atom stereocenters. The second-order valence-corrected chi connectivity index (χ2v) is 4.99. The molecule has 2 aromatic rings. The maximum Gasteiger partial charge on any atom is 0.137 e. The third-order valence-corrected chi connectivity index (χ3v) is 3.60. The molecule has 0 N–H and O–H groups in total. The molecule has 0 aliphatic heterocycles. The van der Waals surface area contributed by atoms with Crippen molar-refractivity contribution in [2.24, 2.45) is 0 Å². The van der Waals surface area contributed by atoms with Gasteiger partial charge in [0.1, 0.15) is 17.5 Å². The standard InChI is InChI=1S/C13H7BrClF3/c14-10-4-1-7(5-12(10)18)13(15)9-3-2-8(16)6-11(9)17/h1-6,13H. The van der Waals surface area contributed by atoms with Crippen LogP contribution in [-0.4, -0.2) is 0 Å². The fourth-order valence-electron chi connectivity index (χ4n) is 1.56. The Morgan fingerprint density at radius 1 is 0.944 bits per heavy atom. The highest BCUT2D eigenvalue weighted by molar-refractivity contribution is 9.10. The van der Waals surface area contributed by atoms with Gasteiger partial charge < -0.3 is 0 Å². The number of benzene rings is 2. The number of hydrogen-bond donors (Lipinski definition) is 0. The van der Waals surface area contributed by atoms with Crippen molar-refractivity contribution in [2.75, 3.05) is 0 Å². The molecule has 18 heavy (non-hydrogen) atoms. The fourth-order valence-corrected chi connectivity index (χ4v) is 2.12. The number of rotatable bonds is 2. The zero-order valence-corrected chi connectivity index (χ0v) is 11.3. The van der Waals surface area contributed by atoms with E-state index in [-0.39, 0.29) is 5.56 Å². The van der Waals surface area contributed by atoms with Gasteiger partial charge in [-0.25, -0.2) is 13.2 Å². The predicted octanol–water partition coefficient (Wildman–Crippen LogP) is 5.19. The van der Waals surface area contributed by atoms with Gasteiger partial charge in [-0.1, -0.05) is 12.1 Å². The van der Waals surface area contributed by atoms with E-state index in [1.54, 1.807) is 6.07 Å². The van der Waals surface area contributed by atoms with Crippen LogP contribution in [0.4, 0.5) is 13.2 Å². The Balaban J connectivity index is 2.41. The van der Waals surface area contributed by atoms with Gasteiger partial charge in [-0.2, -0.15) is 0 Å². The molecule has 0 bridgehead atoms. The highest BCUT2D eigenvalue weighted by Crippen LogP contribution is 2.32. The van der Waals surface area contributed by atoms with Gasteiger partial charge in [-0.05, 0) is 39.7 Å². The first-order valence-corrected chi connectivity index (χ1v) is 6.26. The highest BCUT2D eigenvalue weighted by atomic mass is 79.9. The summed E-state index contributed by atoms with van der Waals surface area (Å²) in [6.07, 6.45) is 0. The molecular weight excluding hydrogens is 328 g/mol. The van der Waals surface area contributed by atoms with E-state index < -0.39 is 22.8 Å². The topological polar surface area (TPSA) is 0 Å². The lowest BCUT2D eigenvalue weighted by Crippen LogP contribution is -1.98. The van der Waals surface area contributed by atoms with Crippen LogP contribution in [0.1, 0.15) is 16.5 Å². The molecule has 0 aliphatic rings. The average molecular weight is 336 g/mol. The predicted molar refractivity (Wildman–Crippen MR) is 68.2 cm³/mol. The molecule has 0 aliphatic carbocycles. The summed E-state index contributed by atoms with van der Waals surface area (Å²) >= 11 is 9.09. The van der Waals surface area contributed by atoms with Gasteiger partial charge in [-0.3, -0.25) is 0 Å². The summed E-state index contributed by atoms with van der Waals surface area (Å²) in [6, 6.07) is 7.39. The first-order chi connectivity index (χ1) is 8.49. The summed E-state index contributed by atoms with van der Waals surface area (Å²) in [7, 11) is 0. The third-order valence-electron chi connectivity index (χ3n) is 2.47. The average Bonchev–Trinajstić information content (AvgIpc) is 2.32. The minimum Gasteiger partial charge on any atom is -0.207 e. The van der Waals surface area contributed by atoms with Crippen LogP contribution in [0.5, 0.6) is 0 Å². The lowest BCUT2D eigenvalue weighted by Gasteiger charge is -2.12. The van der Waals surface area contributed by atoms with E-state index in [2.05, 4.69) is 15.9 Å². The van der Waals surface area contributed by atoms with Gasteiger partial charge >= 0.3 is 0 Å². The Kier molecular flexibility index (Phi) is 3.97. The number of hydrogen-bond acceptors (Lipinski definition) is 0. The Labute approximate surface area is 116 Å². The van der Waals surface area contributed by atoms with Crippen molar-refractivity contribution < 1.29 is 13.2 Å². The van der Waals surface area contributed by atoms with Crippen molar-refractivity contribution in [2.45, 2.75) is 5.38 Å². The summed E-state index contributed by atoms with van der Waals surface area (Å²) in [5, 5.41) is -0.867. The van der Waals surface area contributed by atoms with Gasteiger partial charge in [0.05, 0.1) is 9.85 Å². The molecule has 0 heterocycles. The summed E-state index contributed by atoms with van der Waals surface area (Å²) < 4.78 is 40.0. The monoisotopic (exact) mass is 334 g/mol. The van der Waals surface area contributed by atoms with E-state index in [0.29, 0.717) is 10.0 Å². The maximum atomic E-state index is 13.5. The fraction of sp³-hybridized carbons (Fsp3) is 0.0769. The lowest BCUT2D eigenvalue weighted by atomic mass is 10.0. The second kappa shape index (κ2) is 5.33. The van der Waals surface area contributed by atoms with Crippen LogP contribution in [-0.2, 0) is 0 Å². The van der Waals surface area contributed by atoms with E-state index in [4.69, 9.17) is 11.6 Å². The van der Waals surface area contributed by atoms with Crippen LogP contribution in [0.2, 0.25) is 0 Å². The normalized spacial score (nSPS) is 12.5. The molecular formula is C13H7BrClF3. The SMILES string of the molecule is Fc1ccc(C(Cl)c2ccc(Br)c(F)c2)c(F)c1. The largest absolute Gasteiger partial charge is 0.207 e. The molecule has 5 heteroatoms. The first kappa shape index (κ1) is 13.4. The smallest absolute Gasteiger partial charge is 0.137 e. The molecule has 0 nitrogen and oxygen atoms in total. The summed E-state index contributed by atoms with van der Waals surface area (Å²) in [4.78, 5) is 0. The molecule has 0 saturated heterocycles. The van der Waals surface area contributed by atoms with Crippen LogP contribution in [0, 0.1) is 17.5 Å². The lowest BCUT2D eigenvalue weighted by molar-refractivity contribution is 0.573. The molecule has 0 amide bonds. The third kappa shape index (κ3) is 2.70. The second-order valence-electron chi connectivity index (χ2n) is 3.70. The Morgan fingerprint density at radius 2 is 1.67 bits per heavy atom. The van der Waals surface area contributed by atoms with Crippen molar-refractivity contribution in [3.05, 3.63) is 69.4 Å². The van der Waals surface area contributed by atoms with Crippen LogP contribution >= 0.6 is 27.5 Å². The van der Waals surface area contributed by atoms with E-state index >= 15 is 0 Å². The minimum absolute atomic E-state index is 0.111. The van der Waals surface area contributed by atoms with Gasteiger partial charge in [-0.15, -0.1) is 11.6 Å². The molecule has 2 aromatic carbocycles. The zero-order valence-electron chi connectivity index (χ0n) is 8.93. The van der Waals surface area contributed by atoms with Crippen molar-refractivity contribution in [1.29, 1.82) is 0 Å². The van der Waals surface area contributed by atoms with Crippen LogP contribution in [0.3, 0.4) is 0 Å². The Hall–Kier alpha value is -1.00. The Morgan fingerprint density at radius 3 is 2.28 bits per heavy atom. The zero-order chi connectivity index (χ0) is 13.3. The molecule has 2 rings (SSSR count). The molecule has 0 fully saturated rings. The summed E-state index contributed by atoms with van der Waals surface area (Å²) in [5.41, 5.74) is 0.516. The summed E-state index contributed by atoms with van der Waals surface area (Å²) in [6.45, 7) is 0. The van der Waals surface area contributed by atoms with Crippen molar-refractivity contribution >= 4 is 27.5 Å². The van der Waals surface area contributed by atoms with Crippen molar-refractivity contribution in [3.8, 4) is 0 Å². The number of alkyl halides is 1. The molecule has 0 spiro atoms. The van der Waals surface area contributed by atoms with Crippen molar-refractivity contribution in [3.63, 3.8) is 0 Å². The van der Waals surface area contributed by atoms with Crippen LogP contribution in [0.25, 0.3) is 0 Å². The molecule has 0 aromatic heterocycles. The molecule has 0 radical (unpaired) electrons. The van der Waals surface area contributed by atoms with Gasteiger partial charge in [0.2, 0.25) is 0 Å². The molecule has 1 atom stereocenters. The van der Waals surface area contributed by atoms with Gasteiger partial charge in [0.25, 0.3) is 0 Å². The van der Waals surface area contributed by atoms with Crippen LogP contribution < -0.4 is 0 Å². The van der Waals surface area contributed by atoms with E-state index in [9.17, 15) is 13.2 Å². The minimum atomic E-state index is -0.867. The van der Waals surface area contributed by atoms with Crippen molar-refractivity contribution in [1.82, 2.24) is 0 Å². The quantitative estimate of drug-likeness (QED) is 0.662. The van der Waals surface area contributed by atoms with E-state index in [1.165, 1.54) is 18.2 Å². The molecule has 0 saturated carbocycles. The van der Waals surface area contributed by atoms with Crippen LogP contribution in [0.15, 0.2) is 40.9 Å². The summed E-state index contributed by atoms with van der Waals surface area (Å²) in [5.74, 6) is -1.92. The first-order valence-electron chi connectivity index (χ1n) is 5.03. The van der Waals surface area contributed by atoms with Gasteiger partial charge in [0, 0.05) is 11.6 Å². The van der Waals surface area contributed by atoms with E-state index in [1.807, 2.05) is 0 Å². The Bertz CT molecular complexity index is 586. The van der Waals surface area contributed by atoms with E-state index in [0.717, 1.165) is 12.1 Å². The highest BCUT2D eigenvalue weighted by Gasteiger charge is 2.17. The van der Waals surface area contributed by atoms with Gasteiger partial charge in [0.15, 0.2) is 0 Å². The molecule has 94 valence electrons. The number of halogens is 5.